The van der Waals surface area contributed by atoms with Gasteiger partial charge in [-0.3, -0.25) is 9.78 Å². The molecule has 31 heavy (non-hydrogen) atoms. The van der Waals surface area contributed by atoms with Gasteiger partial charge in [0.15, 0.2) is 0 Å². The summed E-state index contributed by atoms with van der Waals surface area (Å²) in [7, 11) is 0. The lowest BCUT2D eigenvalue weighted by molar-refractivity contribution is -0.119. The standard InChI is InChI=1S/C26H24ClN3O/c1-17-15-18-7-2-3-10-24(18)30(17)25(31)11-6-8-20-21-16-19(27)12-13-22(21)29-26(20)23-9-4-5-14-28-23/h2-5,7,9-10,12-14,16-17,29H,6,8,11,15H2,1H3. The van der Waals surface area contributed by atoms with E-state index in [9.17, 15) is 4.79 Å². The number of aromatic amines is 1. The van der Waals surface area contributed by atoms with Crippen LogP contribution in [0, 0.1) is 0 Å². The number of aryl methyl sites for hydroxylation is 1. The number of H-pyrrole nitrogens is 1. The van der Waals surface area contributed by atoms with Gasteiger partial charge in [-0.25, -0.2) is 0 Å². The molecule has 156 valence electrons. The van der Waals surface area contributed by atoms with E-state index in [0.29, 0.717) is 11.4 Å². The normalized spacial score (nSPS) is 15.4. The largest absolute Gasteiger partial charge is 0.353 e. The second-order valence-corrected chi connectivity index (χ2v) is 8.62. The van der Waals surface area contributed by atoms with Crippen molar-refractivity contribution in [3.05, 3.63) is 83.0 Å². The first-order valence-electron chi connectivity index (χ1n) is 10.7. The molecule has 1 N–H and O–H groups in total. The fourth-order valence-corrected chi connectivity index (χ4v) is 4.86. The first kappa shape index (κ1) is 19.8. The van der Waals surface area contributed by atoms with Crippen LogP contribution in [0.5, 0.6) is 0 Å². The summed E-state index contributed by atoms with van der Waals surface area (Å²) in [5.41, 5.74) is 6.43. The van der Waals surface area contributed by atoms with Gasteiger partial charge in [-0.1, -0.05) is 35.9 Å². The molecule has 4 nitrogen and oxygen atoms in total. The van der Waals surface area contributed by atoms with Crippen LogP contribution >= 0.6 is 11.6 Å². The molecule has 1 amide bonds. The maximum absolute atomic E-state index is 13.1. The van der Waals surface area contributed by atoms with Gasteiger partial charge in [0.2, 0.25) is 5.91 Å². The Balaban J connectivity index is 1.39. The monoisotopic (exact) mass is 429 g/mol. The summed E-state index contributed by atoms with van der Waals surface area (Å²) in [6.07, 6.45) is 4.78. The molecule has 0 aliphatic carbocycles. The molecule has 0 radical (unpaired) electrons. The zero-order valence-electron chi connectivity index (χ0n) is 17.4. The van der Waals surface area contributed by atoms with Gasteiger partial charge in [0.1, 0.15) is 0 Å². The molecular formula is C26H24ClN3O. The lowest BCUT2D eigenvalue weighted by Gasteiger charge is -2.22. The number of hydrogen-bond acceptors (Lipinski definition) is 2. The Morgan fingerprint density at radius 2 is 2.00 bits per heavy atom. The van der Waals surface area contributed by atoms with Crippen molar-refractivity contribution in [2.24, 2.45) is 0 Å². The molecule has 1 unspecified atom stereocenters. The van der Waals surface area contributed by atoms with Gasteiger partial charge < -0.3 is 9.88 Å². The average molecular weight is 430 g/mol. The number of nitrogens with one attached hydrogen (secondary N) is 1. The molecule has 0 bridgehead atoms. The van der Waals surface area contributed by atoms with Crippen LogP contribution in [-0.2, 0) is 17.6 Å². The maximum Gasteiger partial charge on any atom is 0.227 e. The summed E-state index contributed by atoms with van der Waals surface area (Å²) in [6, 6.07) is 20.2. The maximum atomic E-state index is 13.1. The molecular weight excluding hydrogens is 406 g/mol. The number of hydrogen-bond donors (Lipinski definition) is 1. The summed E-state index contributed by atoms with van der Waals surface area (Å²) in [6.45, 7) is 2.12. The smallest absolute Gasteiger partial charge is 0.227 e. The Morgan fingerprint density at radius 1 is 1.16 bits per heavy atom. The van der Waals surface area contributed by atoms with Gasteiger partial charge in [0, 0.05) is 40.3 Å². The van der Waals surface area contributed by atoms with Gasteiger partial charge in [-0.15, -0.1) is 0 Å². The Morgan fingerprint density at radius 3 is 2.84 bits per heavy atom. The van der Waals surface area contributed by atoms with Crippen molar-refractivity contribution < 1.29 is 4.79 Å². The van der Waals surface area contributed by atoms with Gasteiger partial charge in [0.05, 0.1) is 11.4 Å². The van der Waals surface area contributed by atoms with Crippen molar-refractivity contribution in [1.29, 1.82) is 0 Å². The number of benzene rings is 2. The van der Waals surface area contributed by atoms with E-state index >= 15 is 0 Å². The fraction of sp³-hybridized carbons (Fsp3) is 0.231. The number of para-hydroxylation sites is 1. The fourth-order valence-electron chi connectivity index (χ4n) is 4.69. The third-order valence-corrected chi connectivity index (χ3v) is 6.32. The molecule has 0 spiro atoms. The molecule has 4 aromatic rings. The van der Waals surface area contributed by atoms with Gasteiger partial charge in [-0.2, -0.15) is 0 Å². The van der Waals surface area contributed by atoms with Crippen molar-refractivity contribution >= 4 is 34.1 Å². The highest BCUT2D eigenvalue weighted by Crippen LogP contribution is 2.34. The SMILES string of the molecule is CC1Cc2ccccc2N1C(=O)CCCc1c(-c2ccccn2)[nH]c2ccc(Cl)cc12. The van der Waals surface area contributed by atoms with Crippen LogP contribution < -0.4 is 4.90 Å². The first-order valence-corrected chi connectivity index (χ1v) is 11.1. The van der Waals surface area contributed by atoms with Crippen LogP contribution in [0.3, 0.4) is 0 Å². The zero-order chi connectivity index (χ0) is 21.4. The quantitative estimate of drug-likeness (QED) is 0.411. The minimum atomic E-state index is 0.190. The van der Waals surface area contributed by atoms with E-state index in [1.54, 1.807) is 6.20 Å². The second kappa shape index (κ2) is 8.20. The van der Waals surface area contributed by atoms with E-state index in [0.717, 1.165) is 47.2 Å². The Bertz CT molecular complexity index is 1250. The Kier molecular flexibility index (Phi) is 5.24. The molecule has 2 aromatic heterocycles. The first-order chi connectivity index (χ1) is 15.1. The van der Waals surface area contributed by atoms with E-state index in [1.165, 1.54) is 11.1 Å². The van der Waals surface area contributed by atoms with Crippen LogP contribution in [0.4, 0.5) is 5.69 Å². The minimum Gasteiger partial charge on any atom is -0.353 e. The summed E-state index contributed by atoms with van der Waals surface area (Å²) in [5.74, 6) is 0.190. The number of amides is 1. The summed E-state index contributed by atoms with van der Waals surface area (Å²) in [4.78, 5) is 23.1. The predicted molar refractivity (Wildman–Crippen MR) is 127 cm³/mol. The number of carbonyl (C=O) groups excluding carboxylic acids is 1. The Labute approximate surface area is 186 Å². The average Bonchev–Trinajstić information content (AvgIpc) is 3.31. The summed E-state index contributed by atoms with van der Waals surface area (Å²) < 4.78 is 0. The van der Waals surface area contributed by atoms with Crippen LogP contribution in [0.2, 0.25) is 5.02 Å². The molecule has 2 aromatic carbocycles. The molecule has 0 saturated carbocycles. The topological polar surface area (TPSA) is 49.0 Å². The number of pyridine rings is 1. The number of halogens is 1. The molecule has 0 fully saturated rings. The third kappa shape index (κ3) is 3.72. The van der Waals surface area contributed by atoms with E-state index in [1.807, 2.05) is 53.4 Å². The highest BCUT2D eigenvalue weighted by molar-refractivity contribution is 6.31. The van der Waals surface area contributed by atoms with Crippen molar-refractivity contribution in [3.63, 3.8) is 0 Å². The Hall–Kier alpha value is -3.11. The summed E-state index contributed by atoms with van der Waals surface area (Å²) in [5, 5.41) is 1.80. The zero-order valence-corrected chi connectivity index (χ0v) is 18.2. The second-order valence-electron chi connectivity index (χ2n) is 8.18. The van der Waals surface area contributed by atoms with E-state index in [4.69, 9.17) is 11.6 Å². The van der Waals surface area contributed by atoms with Crippen LogP contribution in [0.1, 0.15) is 30.9 Å². The molecule has 5 rings (SSSR count). The van der Waals surface area contributed by atoms with E-state index in [2.05, 4.69) is 29.0 Å². The number of nitrogens with zero attached hydrogens (tertiary/aromatic N) is 2. The van der Waals surface area contributed by atoms with Crippen LogP contribution in [0.25, 0.3) is 22.3 Å². The van der Waals surface area contributed by atoms with Crippen molar-refractivity contribution in [2.45, 2.75) is 38.6 Å². The number of aromatic nitrogens is 2. The molecule has 1 aliphatic rings. The highest BCUT2D eigenvalue weighted by atomic mass is 35.5. The minimum absolute atomic E-state index is 0.190. The highest BCUT2D eigenvalue weighted by Gasteiger charge is 2.30. The van der Waals surface area contributed by atoms with Gasteiger partial charge in [-0.05, 0) is 73.7 Å². The number of fused-ring (bicyclic) bond motifs is 2. The summed E-state index contributed by atoms with van der Waals surface area (Å²) >= 11 is 6.29. The number of carbonyl (C=O) groups is 1. The van der Waals surface area contributed by atoms with Crippen molar-refractivity contribution in [1.82, 2.24) is 9.97 Å². The number of rotatable bonds is 5. The molecule has 1 aliphatic heterocycles. The third-order valence-electron chi connectivity index (χ3n) is 6.08. The molecule has 0 saturated heterocycles. The molecule has 3 heterocycles. The predicted octanol–water partition coefficient (Wildman–Crippen LogP) is 6.18. The van der Waals surface area contributed by atoms with Crippen LogP contribution in [0.15, 0.2) is 66.9 Å². The molecule has 1 atom stereocenters. The number of anilines is 1. The van der Waals surface area contributed by atoms with Gasteiger partial charge in [0.25, 0.3) is 0 Å². The lowest BCUT2D eigenvalue weighted by Crippen LogP contribution is -2.35. The lowest BCUT2D eigenvalue weighted by atomic mass is 10.0. The van der Waals surface area contributed by atoms with Crippen molar-refractivity contribution in [3.8, 4) is 11.4 Å². The molecule has 5 heteroatoms. The van der Waals surface area contributed by atoms with Gasteiger partial charge >= 0.3 is 0 Å². The van der Waals surface area contributed by atoms with Crippen LogP contribution in [-0.4, -0.2) is 21.9 Å². The van der Waals surface area contributed by atoms with E-state index in [-0.39, 0.29) is 11.9 Å². The van der Waals surface area contributed by atoms with E-state index < -0.39 is 0 Å². The van der Waals surface area contributed by atoms with Crippen molar-refractivity contribution in [2.75, 3.05) is 4.90 Å².